The third-order valence-electron chi connectivity index (χ3n) is 3.58. The monoisotopic (exact) mass is 291 g/mol. The van der Waals surface area contributed by atoms with Gasteiger partial charge < -0.3 is 11.1 Å². The van der Waals surface area contributed by atoms with Crippen molar-refractivity contribution in [2.24, 2.45) is 11.7 Å². The van der Waals surface area contributed by atoms with Crippen LogP contribution in [0, 0.1) is 5.92 Å². The minimum Gasteiger partial charge on any atom is -0.350 e. The zero-order valence-corrected chi connectivity index (χ0v) is 12.5. The Morgan fingerprint density at radius 2 is 1.89 bits per heavy atom. The van der Waals surface area contributed by atoms with Crippen molar-refractivity contribution in [3.8, 4) is 0 Å². The molecule has 1 amide bonds. The molecule has 4 N–H and O–H groups in total. The molecule has 0 spiro atoms. The van der Waals surface area contributed by atoms with Crippen LogP contribution in [0.4, 0.5) is 0 Å². The van der Waals surface area contributed by atoms with Gasteiger partial charge in [0.1, 0.15) is 0 Å². The molecule has 1 aliphatic rings. The minimum absolute atomic E-state index is 0.0587. The summed E-state index contributed by atoms with van der Waals surface area (Å²) in [6.45, 7) is 1.92. The largest absolute Gasteiger partial charge is 0.350 e. The van der Waals surface area contributed by atoms with E-state index in [9.17, 15) is 13.2 Å². The summed E-state index contributed by atoms with van der Waals surface area (Å²) in [5, 5.41) is 2.87. The maximum absolute atomic E-state index is 11.9. The van der Waals surface area contributed by atoms with Crippen molar-refractivity contribution in [1.82, 2.24) is 10.0 Å². The molecular weight excluding hydrogens is 266 g/mol. The van der Waals surface area contributed by atoms with Crippen LogP contribution in [0.5, 0.6) is 0 Å². The molecule has 0 saturated heterocycles. The van der Waals surface area contributed by atoms with Crippen LogP contribution in [0.1, 0.15) is 39.0 Å². The van der Waals surface area contributed by atoms with Crippen LogP contribution < -0.4 is 15.8 Å². The normalized spacial score (nSPS) is 20.8. The quantitative estimate of drug-likeness (QED) is 0.638. The first-order valence-corrected chi connectivity index (χ1v) is 8.70. The summed E-state index contributed by atoms with van der Waals surface area (Å²) >= 11 is 0. The maximum atomic E-state index is 11.9. The zero-order valence-electron chi connectivity index (χ0n) is 11.7. The van der Waals surface area contributed by atoms with Crippen LogP contribution in [0.3, 0.4) is 0 Å². The smallest absolute Gasteiger partial charge is 0.238 e. The van der Waals surface area contributed by atoms with Gasteiger partial charge in [0.25, 0.3) is 0 Å². The van der Waals surface area contributed by atoms with Crippen molar-refractivity contribution in [2.75, 3.05) is 12.8 Å². The molecule has 0 aliphatic heterocycles. The average molecular weight is 291 g/mol. The lowest BCUT2D eigenvalue weighted by Crippen LogP contribution is -2.52. The van der Waals surface area contributed by atoms with E-state index in [0.29, 0.717) is 12.5 Å². The van der Waals surface area contributed by atoms with Gasteiger partial charge >= 0.3 is 0 Å². The minimum atomic E-state index is -3.38. The Hall–Kier alpha value is -0.660. The summed E-state index contributed by atoms with van der Waals surface area (Å²) < 4.78 is 24.4. The van der Waals surface area contributed by atoms with Crippen molar-refractivity contribution < 1.29 is 13.2 Å². The van der Waals surface area contributed by atoms with Gasteiger partial charge in [0.2, 0.25) is 15.9 Å². The summed E-state index contributed by atoms with van der Waals surface area (Å²) in [5.41, 5.74) is 5.73. The van der Waals surface area contributed by atoms with Crippen LogP contribution in [-0.4, -0.2) is 39.2 Å². The summed E-state index contributed by atoms with van der Waals surface area (Å²) in [6.07, 6.45) is 6.79. The molecule has 1 fully saturated rings. The molecule has 0 heterocycles. The molecule has 2 unspecified atom stereocenters. The number of nitrogens with two attached hydrogens (primary N) is 1. The molecule has 2 atom stereocenters. The van der Waals surface area contributed by atoms with Gasteiger partial charge in [0.05, 0.1) is 12.3 Å². The van der Waals surface area contributed by atoms with E-state index in [4.69, 9.17) is 5.73 Å². The summed E-state index contributed by atoms with van der Waals surface area (Å²) in [7, 11) is -3.38. The highest BCUT2D eigenvalue weighted by molar-refractivity contribution is 7.88. The molecule has 1 aliphatic carbocycles. The Labute approximate surface area is 115 Å². The van der Waals surface area contributed by atoms with Crippen molar-refractivity contribution in [3.05, 3.63) is 0 Å². The van der Waals surface area contributed by atoms with E-state index in [-0.39, 0.29) is 11.9 Å². The van der Waals surface area contributed by atoms with Gasteiger partial charge in [-0.25, -0.2) is 13.1 Å². The SMILES string of the molecule is CC(NS(C)(=O)=O)C(=O)NC(CN)C1CCCCC1. The van der Waals surface area contributed by atoms with Gasteiger partial charge in [-0.3, -0.25) is 4.79 Å². The van der Waals surface area contributed by atoms with E-state index in [1.165, 1.54) is 26.2 Å². The molecule has 112 valence electrons. The fourth-order valence-corrected chi connectivity index (χ4v) is 3.34. The molecule has 0 aromatic heterocycles. The molecule has 6 nitrogen and oxygen atoms in total. The number of carbonyl (C=O) groups is 1. The second-order valence-corrected chi connectivity index (χ2v) is 7.14. The highest BCUT2D eigenvalue weighted by Gasteiger charge is 2.26. The van der Waals surface area contributed by atoms with E-state index in [2.05, 4.69) is 10.0 Å². The van der Waals surface area contributed by atoms with Crippen molar-refractivity contribution in [3.63, 3.8) is 0 Å². The van der Waals surface area contributed by atoms with Crippen molar-refractivity contribution >= 4 is 15.9 Å². The number of nitrogens with one attached hydrogen (secondary N) is 2. The number of amides is 1. The molecule has 19 heavy (non-hydrogen) atoms. The second kappa shape index (κ2) is 7.21. The van der Waals surface area contributed by atoms with E-state index >= 15 is 0 Å². The van der Waals surface area contributed by atoms with Crippen molar-refractivity contribution in [1.29, 1.82) is 0 Å². The molecule has 1 saturated carbocycles. The van der Waals surface area contributed by atoms with Crippen LogP contribution in [0.25, 0.3) is 0 Å². The number of sulfonamides is 1. The van der Waals surface area contributed by atoms with Crippen LogP contribution >= 0.6 is 0 Å². The number of hydrogen-bond donors (Lipinski definition) is 3. The Morgan fingerprint density at radius 3 is 2.37 bits per heavy atom. The summed E-state index contributed by atoms with van der Waals surface area (Å²) in [4.78, 5) is 11.9. The van der Waals surface area contributed by atoms with Gasteiger partial charge in [-0.15, -0.1) is 0 Å². The predicted octanol–water partition coefficient (Wildman–Crippen LogP) is -0.0521. The predicted molar refractivity (Wildman–Crippen MR) is 75.0 cm³/mol. The van der Waals surface area contributed by atoms with E-state index in [1.807, 2.05) is 0 Å². The molecule has 0 bridgehead atoms. The zero-order chi connectivity index (χ0) is 14.5. The van der Waals surface area contributed by atoms with Crippen LogP contribution in [0.2, 0.25) is 0 Å². The highest BCUT2D eigenvalue weighted by Crippen LogP contribution is 2.26. The maximum Gasteiger partial charge on any atom is 0.238 e. The fraction of sp³-hybridized carbons (Fsp3) is 0.917. The molecule has 0 radical (unpaired) electrons. The summed E-state index contributed by atoms with van der Waals surface area (Å²) in [6, 6.07) is -0.829. The lowest BCUT2D eigenvalue weighted by molar-refractivity contribution is -0.123. The van der Waals surface area contributed by atoms with Gasteiger partial charge in [-0.05, 0) is 25.7 Å². The van der Waals surface area contributed by atoms with E-state index < -0.39 is 16.1 Å². The highest BCUT2D eigenvalue weighted by atomic mass is 32.2. The first kappa shape index (κ1) is 16.4. The van der Waals surface area contributed by atoms with Gasteiger partial charge in [0, 0.05) is 12.6 Å². The van der Waals surface area contributed by atoms with Crippen molar-refractivity contribution in [2.45, 2.75) is 51.1 Å². The molecule has 7 heteroatoms. The molecule has 1 rings (SSSR count). The Balaban J connectivity index is 2.52. The molecule has 0 aromatic rings. The first-order valence-electron chi connectivity index (χ1n) is 6.81. The standard InChI is InChI=1S/C12H25N3O3S/c1-9(15-19(2,17)18)12(16)14-11(8-13)10-6-4-3-5-7-10/h9-11,15H,3-8,13H2,1-2H3,(H,14,16). The number of rotatable bonds is 6. The Bertz CT molecular complexity index is 391. The number of carbonyl (C=O) groups excluding carboxylic acids is 1. The average Bonchev–Trinajstić information content (AvgIpc) is 2.34. The van der Waals surface area contributed by atoms with Crippen LogP contribution in [-0.2, 0) is 14.8 Å². The molecule has 0 aromatic carbocycles. The fourth-order valence-electron chi connectivity index (χ4n) is 2.59. The topological polar surface area (TPSA) is 101 Å². The van der Waals surface area contributed by atoms with Crippen LogP contribution in [0.15, 0.2) is 0 Å². The Kier molecular flexibility index (Phi) is 6.22. The Morgan fingerprint density at radius 1 is 1.32 bits per heavy atom. The summed E-state index contributed by atoms with van der Waals surface area (Å²) in [5.74, 6) is 0.0968. The van der Waals surface area contributed by atoms with E-state index in [1.54, 1.807) is 0 Å². The third-order valence-corrected chi connectivity index (χ3v) is 4.37. The van der Waals surface area contributed by atoms with Gasteiger partial charge in [-0.2, -0.15) is 0 Å². The lowest BCUT2D eigenvalue weighted by atomic mass is 9.84. The molecular formula is C12H25N3O3S. The third kappa shape index (κ3) is 5.88. The van der Waals surface area contributed by atoms with Gasteiger partial charge in [0.15, 0.2) is 0 Å². The van der Waals surface area contributed by atoms with Gasteiger partial charge in [-0.1, -0.05) is 19.3 Å². The second-order valence-electron chi connectivity index (χ2n) is 5.36. The number of hydrogen-bond acceptors (Lipinski definition) is 4. The first-order chi connectivity index (χ1) is 8.83. The lowest BCUT2D eigenvalue weighted by Gasteiger charge is -2.30. The van der Waals surface area contributed by atoms with E-state index in [0.717, 1.165) is 19.1 Å².